The Morgan fingerprint density at radius 3 is 3.40 bits per heavy atom. The fraction of sp³-hybridized carbons (Fsp3) is 0. The van der Waals surface area contributed by atoms with Gasteiger partial charge in [0.2, 0.25) is 5.71 Å². The summed E-state index contributed by atoms with van der Waals surface area (Å²) in [6.45, 7) is 3.37. The minimum Gasteiger partial charge on any atom is -0.445 e. The molecule has 4 heteroatoms. The zero-order valence-corrected chi connectivity index (χ0v) is 5.16. The van der Waals surface area contributed by atoms with Gasteiger partial charge >= 0.3 is 0 Å². The van der Waals surface area contributed by atoms with Gasteiger partial charge in [-0.15, -0.1) is 5.10 Å². The number of hydrogen-bond donors (Lipinski definition) is 1. The van der Waals surface area contributed by atoms with Crippen LogP contribution in [0.1, 0.15) is 0 Å². The average Bonchev–Trinajstić information content (AvgIpc) is 2.44. The van der Waals surface area contributed by atoms with Crippen molar-refractivity contribution in [1.29, 1.82) is 0 Å². The molecule has 0 unspecified atom stereocenters. The van der Waals surface area contributed by atoms with E-state index in [0.717, 1.165) is 5.39 Å². The molecule has 0 amide bonds. The van der Waals surface area contributed by atoms with E-state index in [-0.39, 0.29) is 0 Å². The highest BCUT2D eigenvalue weighted by atomic mass is 16.3. The first kappa shape index (κ1) is 5.22. The molecule has 0 atom stereocenters. The summed E-state index contributed by atoms with van der Waals surface area (Å²) in [5, 5.41) is 7.36. The molecule has 10 heavy (non-hydrogen) atoms. The Morgan fingerprint density at radius 2 is 2.60 bits per heavy atom. The summed E-state index contributed by atoms with van der Waals surface area (Å²) in [6.07, 6.45) is 1.57. The lowest BCUT2D eigenvalue weighted by Gasteiger charge is -1.77. The van der Waals surface area contributed by atoms with Crippen molar-refractivity contribution in [3.63, 3.8) is 0 Å². The largest absolute Gasteiger partial charge is 0.445 e. The van der Waals surface area contributed by atoms with Gasteiger partial charge in [0.25, 0.3) is 0 Å². The number of H-pyrrole nitrogens is 1. The monoisotopic (exact) mass is 135 g/mol. The van der Waals surface area contributed by atoms with Crippen molar-refractivity contribution in [3.05, 3.63) is 12.3 Å². The normalized spacial score (nSPS) is 10.4. The van der Waals surface area contributed by atoms with Crippen molar-refractivity contribution in [2.24, 2.45) is 4.99 Å². The number of fused-ring (bicyclic) bond motifs is 1. The number of nitrogens with zero attached hydrogens (tertiary/aromatic N) is 2. The number of aromatic nitrogens is 2. The molecule has 0 bridgehead atoms. The zero-order chi connectivity index (χ0) is 6.97. The highest BCUT2D eigenvalue weighted by Gasteiger charge is 2.03. The maximum atomic E-state index is 4.97. The standard InChI is InChI=1S/C6H5N3O/c1-7-5-4-2-3-10-6(4)9-8-5/h2-3H,1H2,(H,8,9). The number of furan rings is 1. The van der Waals surface area contributed by atoms with Gasteiger partial charge < -0.3 is 4.42 Å². The van der Waals surface area contributed by atoms with Crippen molar-refractivity contribution in [2.45, 2.75) is 0 Å². The maximum Gasteiger partial charge on any atom is 0.247 e. The first-order chi connectivity index (χ1) is 4.92. The molecule has 50 valence electrons. The second-order valence-corrected chi connectivity index (χ2v) is 1.87. The first-order valence-electron chi connectivity index (χ1n) is 2.80. The van der Waals surface area contributed by atoms with E-state index in [1.165, 1.54) is 0 Å². The minimum absolute atomic E-state index is 0.572. The highest BCUT2D eigenvalue weighted by Crippen LogP contribution is 2.22. The van der Waals surface area contributed by atoms with E-state index in [2.05, 4.69) is 21.9 Å². The summed E-state index contributed by atoms with van der Waals surface area (Å²) in [5.41, 5.74) is 0.572. The van der Waals surface area contributed by atoms with Gasteiger partial charge in [0.15, 0.2) is 5.82 Å². The third kappa shape index (κ3) is 0.500. The Kier molecular flexibility index (Phi) is 0.887. The Balaban J connectivity index is 2.88. The van der Waals surface area contributed by atoms with Crippen LogP contribution in [0.4, 0.5) is 5.82 Å². The summed E-state index contributed by atoms with van der Waals surface area (Å²) in [5.74, 6) is 0.656. The molecular formula is C6H5N3O. The molecule has 0 saturated heterocycles. The van der Waals surface area contributed by atoms with E-state index in [4.69, 9.17) is 4.42 Å². The van der Waals surface area contributed by atoms with Gasteiger partial charge in [0.1, 0.15) is 0 Å². The molecule has 0 aliphatic carbocycles. The van der Waals surface area contributed by atoms with E-state index in [1.807, 2.05) is 0 Å². The quantitative estimate of drug-likeness (QED) is 0.602. The van der Waals surface area contributed by atoms with E-state index in [1.54, 1.807) is 12.3 Å². The Labute approximate surface area is 56.6 Å². The van der Waals surface area contributed by atoms with Crippen LogP contribution < -0.4 is 0 Å². The molecule has 0 aromatic carbocycles. The maximum absolute atomic E-state index is 4.97. The third-order valence-corrected chi connectivity index (χ3v) is 1.32. The third-order valence-electron chi connectivity index (χ3n) is 1.32. The predicted octanol–water partition coefficient (Wildman–Crippen LogP) is 1.49. The molecule has 0 aliphatic heterocycles. The van der Waals surface area contributed by atoms with E-state index in [9.17, 15) is 0 Å². The van der Waals surface area contributed by atoms with E-state index in [0.29, 0.717) is 11.5 Å². The van der Waals surface area contributed by atoms with Gasteiger partial charge in [-0.05, 0) is 12.8 Å². The lowest BCUT2D eigenvalue weighted by molar-refractivity contribution is 0.599. The number of aliphatic imine (C=N–C) groups is 1. The van der Waals surface area contributed by atoms with Gasteiger partial charge in [-0.25, -0.2) is 4.99 Å². The van der Waals surface area contributed by atoms with Gasteiger partial charge in [-0.1, -0.05) is 0 Å². The smallest absolute Gasteiger partial charge is 0.247 e. The van der Waals surface area contributed by atoms with Crippen LogP contribution in [0.25, 0.3) is 11.1 Å². The lowest BCUT2D eigenvalue weighted by atomic mass is 10.4. The molecular weight excluding hydrogens is 130 g/mol. The van der Waals surface area contributed by atoms with E-state index >= 15 is 0 Å². The van der Waals surface area contributed by atoms with Crippen molar-refractivity contribution < 1.29 is 4.42 Å². The van der Waals surface area contributed by atoms with Crippen molar-refractivity contribution in [1.82, 2.24) is 10.2 Å². The van der Waals surface area contributed by atoms with Gasteiger partial charge in [0, 0.05) is 0 Å². The van der Waals surface area contributed by atoms with Crippen LogP contribution in [0, 0.1) is 0 Å². The van der Waals surface area contributed by atoms with Crippen LogP contribution in [-0.4, -0.2) is 16.9 Å². The van der Waals surface area contributed by atoms with Crippen LogP contribution >= 0.6 is 0 Å². The number of hydrogen-bond acceptors (Lipinski definition) is 3. The second kappa shape index (κ2) is 1.70. The van der Waals surface area contributed by atoms with Crippen molar-refractivity contribution in [2.75, 3.05) is 0 Å². The molecule has 2 rings (SSSR count). The highest BCUT2D eigenvalue weighted by molar-refractivity contribution is 5.84. The molecule has 0 saturated carbocycles. The summed E-state index contributed by atoms with van der Waals surface area (Å²) in [7, 11) is 0. The molecule has 1 N–H and O–H groups in total. The van der Waals surface area contributed by atoms with Crippen LogP contribution in [-0.2, 0) is 0 Å². The molecule has 0 fully saturated rings. The summed E-state index contributed by atoms with van der Waals surface area (Å²) in [6, 6.07) is 1.79. The fourth-order valence-electron chi connectivity index (χ4n) is 0.853. The zero-order valence-electron chi connectivity index (χ0n) is 5.16. The number of nitrogens with one attached hydrogen (secondary N) is 1. The average molecular weight is 135 g/mol. The summed E-state index contributed by atoms with van der Waals surface area (Å²) >= 11 is 0. The van der Waals surface area contributed by atoms with Crippen LogP contribution in [0.5, 0.6) is 0 Å². The topological polar surface area (TPSA) is 54.2 Å². The fourth-order valence-corrected chi connectivity index (χ4v) is 0.853. The molecule has 0 spiro atoms. The Hall–Kier alpha value is -1.58. The van der Waals surface area contributed by atoms with Crippen molar-refractivity contribution >= 4 is 23.6 Å². The minimum atomic E-state index is 0.572. The van der Waals surface area contributed by atoms with Crippen LogP contribution in [0.2, 0.25) is 0 Å². The second-order valence-electron chi connectivity index (χ2n) is 1.87. The SMILES string of the molecule is C=Nc1[nH]nc2occc12. The molecule has 2 heterocycles. The van der Waals surface area contributed by atoms with Crippen LogP contribution in [0.15, 0.2) is 21.7 Å². The predicted molar refractivity (Wildman–Crippen MR) is 37.6 cm³/mol. The summed E-state index contributed by atoms with van der Waals surface area (Å²) in [4.78, 5) is 3.70. The number of rotatable bonds is 1. The van der Waals surface area contributed by atoms with Crippen molar-refractivity contribution in [3.8, 4) is 0 Å². The van der Waals surface area contributed by atoms with Gasteiger partial charge in [-0.2, -0.15) is 0 Å². The Morgan fingerprint density at radius 1 is 1.70 bits per heavy atom. The first-order valence-corrected chi connectivity index (χ1v) is 2.80. The Bertz CT molecular complexity index is 360. The molecule has 2 aromatic rings. The number of aromatic amines is 1. The van der Waals surface area contributed by atoms with Gasteiger partial charge in [-0.3, -0.25) is 5.10 Å². The molecule has 2 aromatic heterocycles. The molecule has 0 radical (unpaired) electrons. The van der Waals surface area contributed by atoms with Gasteiger partial charge in [0.05, 0.1) is 11.6 Å². The molecule has 4 nitrogen and oxygen atoms in total. The van der Waals surface area contributed by atoms with E-state index < -0.39 is 0 Å². The lowest BCUT2D eigenvalue weighted by Crippen LogP contribution is -1.63. The van der Waals surface area contributed by atoms with Crippen LogP contribution in [0.3, 0.4) is 0 Å². The molecule has 0 aliphatic rings. The summed E-state index contributed by atoms with van der Waals surface area (Å²) < 4.78 is 4.97.